The highest BCUT2D eigenvalue weighted by Gasteiger charge is 2.16. The van der Waals surface area contributed by atoms with Crippen molar-refractivity contribution >= 4 is 35.1 Å². The Kier molecular flexibility index (Phi) is 8.62. The lowest BCUT2D eigenvalue weighted by Gasteiger charge is -2.13. The minimum atomic E-state index is -1.00. The smallest absolute Gasteiger partial charge is 0.321 e. The molecule has 0 fully saturated rings. The van der Waals surface area contributed by atoms with Crippen molar-refractivity contribution in [2.75, 3.05) is 6.54 Å². The van der Waals surface area contributed by atoms with Crippen molar-refractivity contribution in [1.29, 1.82) is 0 Å². The van der Waals surface area contributed by atoms with Crippen LogP contribution in [0.25, 0.3) is 0 Å². The van der Waals surface area contributed by atoms with Gasteiger partial charge >= 0.3 is 11.9 Å². The van der Waals surface area contributed by atoms with Gasteiger partial charge in [0, 0.05) is 28.5 Å². The summed E-state index contributed by atoms with van der Waals surface area (Å²) in [6.07, 6.45) is 0.759. The summed E-state index contributed by atoms with van der Waals surface area (Å²) < 4.78 is 0. The molecule has 0 saturated heterocycles. The predicted molar refractivity (Wildman–Crippen MR) is 93.4 cm³/mol. The summed E-state index contributed by atoms with van der Waals surface area (Å²) >= 11 is 11.8. The molecule has 0 aliphatic rings. The van der Waals surface area contributed by atoms with Crippen LogP contribution in [0.4, 0.5) is 0 Å². The molecule has 1 aromatic carbocycles. The number of hydrogen-bond acceptors (Lipinski definition) is 3. The molecule has 0 radical (unpaired) electrons. The van der Waals surface area contributed by atoms with Crippen LogP contribution < -0.4 is 5.32 Å². The van der Waals surface area contributed by atoms with Gasteiger partial charge in [0.25, 0.3) is 0 Å². The van der Waals surface area contributed by atoms with Crippen LogP contribution in [-0.4, -0.2) is 34.7 Å². The van der Waals surface area contributed by atoms with E-state index in [1.165, 1.54) is 0 Å². The Bertz CT molecular complexity index is 631. The summed E-state index contributed by atoms with van der Waals surface area (Å²) in [5.74, 6) is 3.76. The van der Waals surface area contributed by atoms with Crippen molar-refractivity contribution in [2.45, 2.75) is 32.2 Å². The highest BCUT2D eigenvalue weighted by atomic mass is 35.5. The number of benzene rings is 1. The fourth-order valence-electron chi connectivity index (χ4n) is 2.03. The van der Waals surface area contributed by atoms with Crippen LogP contribution in [0.5, 0.6) is 0 Å². The van der Waals surface area contributed by atoms with Crippen LogP contribution in [0, 0.1) is 17.8 Å². The number of nitrogens with one attached hydrogen (secondary N) is 1. The molecule has 1 rings (SSSR count). The van der Waals surface area contributed by atoms with E-state index in [-0.39, 0.29) is 18.8 Å². The predicted octanol–water partition coefficient (Wildman–Crippen LogP) is 3.28. The van der Waals surface area contributed by atoms with Gasteiger partial charge < -0.3 is 15.5 Å². The SMILES string of the molecule is CC(CCN[C@@H](CC#Cc1cc(Cl)cc(Cl)c1)C(=O)O)CC(=O)O. The molecule has 0 aliphatic carbocycles. The lowest BCUT2D eigenvalue weighted by molar-refractivity contribution is -0.140. The highest BCUT2D eigenvalue weighted by molar-refractivity contribution is 6.34. The van der Waals surface area contributed by atoms with Crippen LogP contribution in [-0.2, 0) is 9.59 Å². The molecule has 2 atom stereocenters. The molecule has 1 unspecified atom stereocenters. The summed E-state index contributed by atoms with van der Waals surface area (Å²) in [6, 6.07) is 4.08. The van der Waals surface area contributed by atoms with E-state index in [9.17, 15) is 14.7 Å². The first-order chi connectivity index (χ1) is 11.3. The molecular weight excluding hydrogens is 353 g/mol. The summed E-state index contributed by atoms with van der Waals surface area (Å²) in [5.41, 5.74) is 0.617. The molecule has 24 heavy (non-hydrogen) atoms. The first kappa shape index (κ1) is 20.3. The monoisotopic (exact) mass is 371 g/mol. The largest absolute Gasteiger partial charge is 0.481 e. The van der Waals surface area contributed by atoms with Gasteiger partial charge in [-0.3, -0.25) is 9.59 Å². The Morgan fingerprint density at radius 3 is 2.38 bits per heavy atom. The minimum Gasteiger partial charge on any atom is -0.481 e. The van der Waals surface area contributed by atoms with E-state index in [1.807, 2.05) is 6.92 Å². The second-order valence-electron chi connectivity index (χ2n) is 5.50. The number of carboxylic acid groups (broad SMARTS) is 2. The number of hydrogen-bond donors (Lipinski definition) is 3. The second-order valence-corrected chi connectivity index (χ2v) is 6.37. The zero-order chi connectivity index (χ0) is 18.1. The summed E-state index contributed by atoms with van der Waals surface area (Å²) in [6.45, 7) is 2.23. The fourth-order valence-corrected chi connectivity index (χ4v) is 2.56. The Morgan fingerprint density at radius 2 is 1.83 bits per heavy atom. The van der Waals surface area contributed by atoms with Crippen LogP contribution in [0.2, 0.25) is 10.0 Å². The van der Waals surface area contributed by atoms with E-state index in [2.05, 4.69) is 17.2 Å². The molecule has 3 N–H and O–H groups in total. The van der Waals surface area contributed by atoms with Gasteiger partial charge in [0.05, 0.1) is 0 Å². The molecule has 0 heterocycles. The van der Waals surface area contributed by atoms with E-state index in [1.54, 1.807) is 18.2 Å². The van der Waals surface area contributed by atoms with Gasteiger partial charge in [-0.25, -0.2) is 0 Å². The van der Waals surface area contributed by atoms with Crippen LogP contribution in [0.3, 0.4) is 0 Å². The maximum Gasteiger partial charge on any atom is 0.321 e. The number of halogens is 2. The summed E-state index contributed by atoms with van der Waals surface area (Å²) in [4.78, 5) is 21.8. The average Bonchev–Trinajstić information content (AvgIpc) is 2.43. The minimum absolute atomic E-state index is 0.0240. The fraction of sp³-hybridized carbons (Fsp3) is 0.412. The topological polar surface area (TPSA) is 86.6 Å². The first-order valence-corrected chi connectivity index (χ1v) is 8.16. The van der Waals surface area contributed by atoms with Crippen molar-refractivity contribution in [3.63, 3.8) is 0 Å². The molecule has 0 spiro atoms. The van der Waals surface area contributed by atoms with Gasteiger partial charge in [0.15, 0.2) is 0 Å². The third kappa shape index (κ3) is 8.21. The molecule has 0 saturated carbocycles. The van der Waals surface area contributed by atoms with E-state index >= 15 is 0 Å². The van der Waals surface area contributed by atoms with Gasteiger partial charge in [-0.05, 0) is 37.1 Å². The molecule has 7 heteroatoms. The molecule has 0 aliphatic heterocycles. The van der Waals surface area contributed by atoms with Crippen molar-refractivity contribution in [3.05, 3.63) is 33.8 Å². The maximum absolute atomic E-state index is 11.2. The van der Waals surface area contributed by atoms with E-state index in [4.69, 9.17) is 28.3 Å². The van der Waals surface area contributed by atoms with Crippen molar-refractivity contribution in [1.82, 2.24) is 5.32 Å². The normalized spacial score (nSPS) is 12.8. The average molecular weight is 372 g/mol. The van der Waals surface area contributed by atoms with Gasteiger partial charge in [-0.15, -0.1) is 0 Å². The van der Waals surface area contributed by atoms with Crippen LogP contribution >= 0.6 is 23.2 Å². The first-order valence-electron chi connectivity index (χ1n) is 7.41. The molecule has 0 amide bonds. The molecule has 130 valence electrons. The third-order valence-electron chi connectivity index (χ3n) is 3.25. The lowest BCUT2D eigenvalue weighted by Crippen LogP contribution is -2.37. The second kappa shape index (κ2) is 10.2. The van der Waals surface area contributed by atoms with Crippen LogP contribution in [0.1, 0.15) is 31.7 Å². The van der Waals surface area contributed by atoms with Crippen molar-refractivity contribution in [2.24, 2.45) is 5.92 Å². The zero-order valence-corrected chi connectivity index (χ0v) is 14.7. The third-order valence-corrected chi connectivity index (χ3v) is 3.69. The zero-order valence-electron chi connectivity index (χ0n) is 13.2. The quantitative estimate of drug-likeness (QED) is 0.610. The van der Waals surface area contributed by atoms with Crippen LogP contribution in [0.15, 0.2) is 18.2 Å². The Balaban J connectivity index is 2.54. The molecule has 0 aromatic heterocycles. The molecule has 0 bridgehead atoms. The standard InChI is InChI=1S/C17H19Cl2NO4/c1-11(7-16(21)22)5-6-20-15(17(23)24)4-2-3-12-8-13(18)10-14(19)9-12/h8-11,15,20H,4-7H2,1H3,(H,21,22)(H,23,24)/t11?,15-/m0/s1. The Morgan fingerprint density at radius 1 is 1.21 bits per heavy atom. The van der Waals surface area contributed by atoms with Gasteiger partial charge in [0.1, 0.15) is 6.04 Å². The maximum atomic E-state index is 11.2. The number of carbonyl (C=O) groups is 2. The van der Waals surface area contributed by atoms with E-state index in [0.29, 0.717) is 28.6 Å². The van der Waals surface area contributed by atoms with Gasteiger partial charge in [-0.2, -0.15) is 0 Å². The summed E-state index contributed by atoms with van der Waals surface area (Å²) in [5, 5.41) is 21.7. The van der Waals surface area contributed by atoms with E-state index < -0.39 is 18.0 Å². The number of aliphatic carboxylic acids is 2. The van der Waals surface area contributed by atoms with E-state index in [0.717, 1.165) is 0 Å². The summed E-state index contributed by atoms with van der Waals surface area (Å²) in [7, 11) is 0. The Hall–Kier alpha value is -1.74. The number of carboxylic acids is 2. The molecular formula is C17H19Cl2NO4. The Labute approximate surface area is 151 Å². The molecule has 1 aromatic rings. The van der Waals surface area contributed by atoms with Crippen molar-refractivity contribution in [3.8, 4) is 11.8 Å². The lowest BCUT2D eigenvalue weighted by atomic mass is 10.0. The van der Waals surface area contributed by atoms with Gasteiger partial charge in [0.2, 0.25) is 0 Å². The molecule has 5 nitrogen and oxygen atoms in total. The highest BCUT2D eigenvalue weighted by Crippen LogP contribution is 2.18. The van der Waals surface area contributed by atoms with Crippen molar-refractivity contribution < 1.29 is 19.8 Å². The number of rotatable bonds is 8. The van der Waals surface area contributed by atoms with Gasteiger partial charge in [-0.1, -0.05) is 42.0 Å².